The summed E-state index contributed by atoms with van der Waals surface area (Å²) in [7, 11) is -7.56. The number of hydrogen-bond donors (Lipinski definition) is 0. The first-order valence-electron chi connectivity index (χ1n) is 3.06. The molecular weight excluding hydrogens is 368 g/mol. The van der Waals surface area contributed by atoms with E-state index in [1.165, 1.54) is 0 Å². The van der Waals surface area contributed by atoms with Crippen molar-refractivity contribution in [3.63, 3.8) is 0 Å². The van der Waals surface area contributed by atoms with Gasteiger partial charge in [-0.1, -0.05) is 0 Å². The van der Waals surface area contributed by atoms with Gasteiger partial charge in [0.15, 0.2) is 0 Å². The Morgan fingerprint density at radius 3 is 0.750 bits per heavy atom. The first-order valence-corrected chi connectivity index (χ1v) is 9.19. The molecule has 0 spiro atoms. The van der Waals surface area contributed by atoms with Gasteiger partial charge in [0, 0.05) is 0 Å². The Balaban J connectivity index is -0.0000000655. The van der Waals surface area contributed by atoms with Gasteiger partial charge in [0.1, 0.15) is 31.5 Å². The molecule has 0 rings (SSSR count). The zero-order valence-corrected chi connectivity index (χ0v) is 18.6. The molecule has 0 aromatic carbocycles. The van der Waals surface area contributed by atoms with Crippen molar-refractivity contribution in [2.24, 2.45) is 0 Å². The van der Waals surface area contributed by atoms with Gasteiger partial charge in [0.2, 0.25) is 0 Å². The molecule has 0 aliphatic carbocycles. The topological polar surface area (TPSA) is 148 Å². The maximum atomic E-state index is 9.25. The zero-order chi connectivity index (χ0) is 12.9. The molecular formula is H9FeO9Si6. The van der Waals surface area contributed by atoms with Crippen LogP contribution in [0, 0.1) is 0 Å². The summed E-state index contributed by atoms with van der Waals surface area (Å²) in [5, 5.41) is 0. The molecule has 0 heterocycles. The minimum absolute atomic E-state index is 0. The van der Waals surface area contributed by atoms with Gasteiger partial charge in [-0.05, 0) is 0 Å². The summed E-state index contributed by atoms with van der Waals surface area (Å²) in [5.41, 5.74) is 0. The molecule has 0 aromatic heterocycles. The molecule has 0 amide bonds. The Kier molecular flexibility index (Phi) is 31.9. The zero-order valence-electron chi connectivity index (χ0n) is 8.53. The van der Waals surface area contributed by atoms with Crippen molar-refractivity contribution in [2.45, 2.75) is 0 Å². The van der Waals surface area contributed by atoms with Crippen LogP contribution < -0.4 is 14.4 Å². The van der Waals surface area contributed by atoms with Crippen molar-refractivity contribution < 1.29 is 57.2 Å². The normalized spacial score (nSPS) is 6.75. The van der Waals surface area contributed by atoms with Crippen molar-refractivity contribution in [1.82, 2.24) is 0 Å². The third kappa shape index (κ3) is 65.6. The van der Waals surface area contributed by atoms with Gasteiger partial charge in [0.05, 0.1) is 0 Å². The molecule has 0 saturated heterocycles. The van der Waals surface area contributed by atoms with Gasteiger partial charge in [-0.15, -0.1) is 0 Å². The van der Waals surface area contributed by atoms with Crippen LogP contribution in [0.5, 0.6) is 0 Å². The van der Waals surface area contributed by atoms with E-state index >= 15 is 0 Å². The third-order valence-electron chi connectivity index (χ3n) is 0.500. The average molecular weight is 377 g/mol. The van der Waals surface area contributed by atoms with Gasteiger partial charge < -0.3 is 40.1 Å². The fourth-order valence-electron chi connectivity index (χ4n) is 0. The van der Waals surface area contributed by atoms with Gasteiger partial charge >= 0.3 is 44.6 Å². The van der Waals surface area contributed by atoms with E-state index in [1.54, 1.807) is 0 Å². The minimum atomic E-state index is -2.81. The van der Waals surface area contributed by atoms with Crippen LogP contribution in [0.15, 0.2) is 0 Å². The van der Waals surface area contributed by atoms with Gasteiger partial charge in [-0.3, -0.25) is 0 Å². The van der Waals surface area contributed by atoms with Gasteiger partial charge in [-0.25, -0.2) is 0 Å². The van der Waals surface area contributed by atoms with Gasteiger partial charge in [0.25, 0.3) is 0 Å². The molecule has 0 saturated carbocycles. The molecule has 0 aliphatic rings. The molecule has 0 atom stereocenters. The Morgan fingerprint density at radius 1 is 0.688 bits per heavy atom. The van der Waals surface area contributed by atoms with E-state index < -0.39 is 27.5 Å². The fraction of sp³-hybridized carbons (Fsp3) is 0. The molecule has 1 radical (unpaired) electrons. The summed E-state index contributed by atoms with van der Waals surface area (Å²) in [6.07, 6.45) is 0. The van der Waals surface area contributed by atoms with Crippen LogP contribution in [-0.4, -0.2) is 59.0 Å². The molecule has 16 heavy (non-hydrogen) atoms. The second kappa shape index (κ2) is 20.4. The maximum Gasteiger partial charge on any atom is 3.00 e. The van der Waals surface area contributed by atoms with Crippen molar-refractivity contribution in [3.05, 3.63) is 0 Å². The standard InChI is InChI=1S/Fe.3H3O3Si2/c;3*1-5(2)3-4/h;3*4H3/q+3;3*-1. The number of hydrogen-bond acceptors (Lipinski definition) is 9. The number of rotatable bonds is 3. The van der Waals surface area contributed by atoms with Crippen LogP contribution in [-0.2, 0) is 42.8 Å². The van der Waals surface area contributed by atoms with Crippen molar-refractivity contribution >= 4 is 59.0 Å². The van der Waals surface area contributed by atoms with E-state index in [2.05, 4.69) is 12.3 Å². The summed E-state index contributed by atoms with van der Waals surface area (Å²) in [6.45, 7) is 0. The van der Waals surface area contributed by atoms with E-state index in [1.807, 2.05) is 0 Å². The monoisotopic (exact) mass is 377 g/mol. The third-order valence-corrected chi connectivity index (χ3v) is 4.50. The van der Waals surface area contributed by atoms with E-state index in [4.69, 9.17) is 0 Å². The van der Waals surface area contributed by atoms with E-state index in [9.17, 15) is 27.8 Å². The summed E-state index contributed by atoms with van der Waals surface area (Å²) < 4.78 is 39.4. The first-order chi connectivity index (χ1) is 6.81. The molecule has 16 heteroatoms. The molecule has 0 bridgehead atoms. The van der Waals surface area contributed by atoms with E-state index in [0.717, 1.165) is 0 Å². The van der Waals surface area contributed by atoms with Crippen LogP contribution in [0.25, 0.3) is 0 Å². The van der Waals surface area contributed by atoms with E-state index in [-0.39, 0.29) is 17.1 Å². The second-order valence-corrected chi connectivity index (χ2v) is 7.76. The largest absolute Gasteiger partial charge is 3.00 e. The van der Waals surface area contributed by atoms with E-state index in [0.29, 0.717) is 31.5 Å². The summed E-state index contributed by atoms with van der Waals surface area (Å²) in [4.78, 5) is 27.8. The quantitative estimate of drug-likeness (QED) is 0.437. The molecule has 0 aromatic rings. The molecule has 0 fully saturated rings. The summed E-state index contributed by atoms with van der Waals surface area (Å²) in [5.74, 6) is 0. The summed E-state index contributed by atoms with van der Waals surface area (Å²) >= 11 is 0. The molecule has 0 N–H and O–H groups in total. The minimum Gasteiger partial charge on any atom is -0.629 e. The first kappa shape index (κ1) is 25.0. The van der Waals surface area contributed by atoms with Crippen molar-refractivity contribution in [2.75, 3.05) is 0 Å². The molecule has 9 nitrogen and oxygen atoms in total. The van der Waals surface area contributed by atoms with Gasteiger partial charge in [-0.2, -0.15) is 0 Å². The Morgan fingerprint density at radius 2 is 0.750 bits per heavy atom. The molecule has 0 unspecified atom stereocenters. The smallest absolute Gasteiger partial charge is 0.629 e. The Hall–Kier alpha value is 0.0208. The van der Waals surface area contributed by atoms with Crippen molar-refractivity contribution in [3.8, 4) is 0 Å². The van der Waals surface area contributed by atoms with Crippen LogP contribution in [0.4, 0.5) is 0 Å². The molecule has 0 aliphatic heterocycles. The molecule has 95 valence electrons. The van der Waals surface area contributed by atoms with Crippen LogP contribution in [0.2, 0.25) is 0 Å². The van der Waals surface area contributed by atoms with Crippen LogP contribution >= 0.6 is 0 Å². The average Bonchev–Trinajstić information content (AvgIpc) is 2.19. The Labute approximate surface area is 116 Å². The predicted molar refractivity (Wildman–Crippen MR) is 52.4 cm³/mol. The van der Waals surface area contributed by atoms with Crippen LogP contribution in [0.1, 0.15) is 0 Å². The SMILES string of the molecule is O=[Si]([O-])O[SiH3].O=[Si]([O-])O[SiH3].O=[Si]([O-])O[SiH3].[Fe+3]. The maximum absolute atomic E-state index is 9.25. The van der Waals surface area contributed by atoms with Crippen molar-refractivity contribution in [1.29, 1.82) is 0 Å². The fourth-order valence-corrected chi connectivity index (χ4v) is 0. The van der Waals surface area contributed by atoms with Crippen LogP contribution in [0.3, 0.4) is 0 Å². The summed E-state index contributed by atoms with van der Waals surface area (Å²) in [6, 6.07) is 0. The predicted octanol–water partition coefficient (Wildman–Crippen LogP) is -8.83. The Bertz CT molecular complexity index is 159. The second-order valence-electron chi connectivity index (χ2n) is 1.36.